The molecule has 1 fully saturated rings. The molecule has 1 amide bonds. The molecule has 6 heteroatoms. The van der Waals surface area contributed by atoms with Crippen LogP contribution >= 0.6 is 12.2 Å². The molecule has 0 radical (unpaired) electrons. The predicted molar refractivity (Wildman–Crippen MR) is 120 cm³/mol. The second-order valence-corrected chi connectivity index (χ2v) is 8.09. The van der Waals surface area contributed by atoms with E-state index in [1.165, 1.54) is 32.1 Å². The van der Waals surface area contributed by atoms with E-state index in [0.29, 0.717) is 5.11 Å². The highest BCUT2D eigenvalue weighted by molar-refractivity contribution is 7.80. The molecule has 28 heavy (non-hydrogen) atoms. The maximum absolute atomic E-state index is 12.3. The summed E-state index contributed by atoms with van der Waals surface area (Å²) in [5, 5.41) is 6.24. The number of rotatable bonds is 10. The molecule has 2 rings (SSSR count). The van der Waals surface area contributed by atoms with Crippen molar-refractivity contribution < 1.29 is 9.53 Å². The number of amides is 1. The first-order chi connectivity index (χ1) is 13.6. The maximum Gasteiger partial charge on any atom is 0.230 e. The summed E-state index contributed by atoms with van der Waals surface area (Å²) < 4.78 is 5.79. The number of anilines is 1. The van der Waals surface area contributed by atoms with Gasteiger partial charge in [0.05, 0.1) is 12.5 Å². The van der Waals surface area contributed by atoms with Gasteiger partial charge in [0.25, 0.3) is 0 Å². The minimum absolute atomic E-state index is 0.00272. The molecule has 0 spiro atoms. The van der Waals surface area contributed by atoms with Crippen molar-refractivity contribution in [3.05, 3.63) is 24.3 Å². The fourth-order valence-corrected chi connectivity index (χ4v) is 3.68. The van der Waals surface area contributed by atoms with Crippen LogP contribution in [0.2, 0.25) is 0 Å². The lowest BCUT2D eigenvalue weighted by Crippen LogP contribution is -2.44. The summed E-state index contributed by atoms with van der Waals surface area (Å²) in [6, 6.07) is 7.70. The Kier molecular flexibility index (Phi) is 10.3. The summed E-state index contributed by atoms with van der Waals surface area (Å²) in [4.78, 5) is 14.5. The number of carbonyl (C=O) groups excluding carboxylic acids is 1. The minimum Gasteiger partial charge on any atom is -0.494 e. The zero-order valence-electron chi connectivity index (χ0n) is 17.3. The number of benzene rings is 1. The Hall–Kier alpha value is -1.66. The van der Waals surface area contributed by atoms with E-state index in [0.717, 1.165) is 50.4 Å². The van der Waals surface area contributed by atoms with Crippen LogP contribution in [0.4, 0.5) is 5.69 Å². The Morgan fingerprint density at radius 2 is 1.89 bits per heavy atom. The molecular weight excluding hydrogens is 370 g/mol. The van der Waals surface area contributed by atoms with Crippen molar-refractivity contribution in [2.45, 2.75) is 58.3 Å². The third-order valence-electron chi connectivity index (χ3n) is 5.11. The Bertz CT molecular complexity index is 606. The number of piperidine rings is 1. The third-order valence-corrected chi connectivity index (χ3v) is 5.31. The van der Waals surface area contributed by atoms with Gasteiger partial charge in [-0.2, -0.15) is 0 Å². The zero-order valence-corrected chi connectivity index (χ0v) is 18.2. The van der Waals surface area contributed by atoms with E-state index < -0.39 is 0 Å². The summed E-state index contributed by atoms with van der Waals surface area (Å²) >= 11 is 5.29. The molecule has 1 aromatic rings. The molecule has 2 N–H and O–H groups in total. The fourth-order valence-electron chi connectivity index (χ4n) is 3.46. The van der Waals surface area contributed by atoms with Gasteiger partial charge in [0.15, 0.2) is 5.11 Å². The Morgan fingerprint density at radius 3 is 2.61 bits per heavy atom. The summed E-state index contributed by atoms with van der Waals surface area (Å²) in [6.07, 6.45) is 9.52. The first-order valence-electron chi connectivity index (χ1n) is 10.6. The Labute approximate surface area is 175 Å². The summed E-state index contributed by atoms with van der Waals surface area (Å²) in [5.74, 6) is 0.874. The summed E-state index contributed by atoms with van der Waals surface area (Å²) in [6.45, 7) is 4.83. The van der Waals surface area contributed by atoms with Crippen LogP contribution in [0.15, 0.2) is 24.3 Å². The van der Waals surface area contributed by atoms with Gasteiger partial charge in [0, 0.05) is 12.2 Å². The van der Waals surface area contributed by atoms with Crippen molar-refractivity contribution in [2.75, 3.05) is 32.1 Å². The second-order valence-electron chi connectivity index (χ2n) is 7.69. The van der Waals surface area contributed by atoms with Crippen LogP contribution in [-0.2, 0) is 4.79 Å². The van der Waals surface area contributed by atoms with Gasteiger partial charge in [-0.1, -0.05) is 39.0 Å². The monoisotopic (exact) mass is 405 g/mol. The van der Waals surface area contributed by atoms with E-state index in [4.69, 9.17) is 17.0 Å². The Morgan fingerprint density at radius 1 is 1.18 bits per heavy atom. The van der Waals surface area contributed by atoms with Gasteiger partial charge in [-0.25, -0.2) is 0 Å². The third kappa shape index (κ3) is 8.57. The van der Waals surface area contributed by atoms with Crippen molar-refractivity contribution in [1.82, 2.24) is 10.2 Å². The molecule has 5 nitrogen and oxygen atoms in total. The number of carbonyl (C=O) groups is 1. The van der Waals surface area contributed by atoms with Gasteiger partial charge in [-0.3, -0.25) is 4.79 Å². The number of hydrogen-bond acceptors (Lipinski definition) is 4. The van der Waals surface area contributed by atoms with Crippen LogP contribution < -0.4 is 15.4 Å². The highest BCUT2D eigenvalue weighted by atomic mass is 32.1. The lowest BCUT2D eigenvalue weighted by atomic mass is 9.98. The molecule has 1 heterocycles. The van der Waals surface area contributed by atoms with Gasteiger partial charge in [0.2, 0.25) is 5.91 Å². The van der Waals surface area contributed by atoms with Crippen molar-refractivity contribution in [1.29, 1.82) is 0 Å². The van der Waals surface area contributed by atoms with Crippen LogP contribution in [0, 0.1) is 5.92 Å². The molecule has 1 atom stereocenters. The predicted octanol–water partition coefficient (Wildman–Crippen LogP) is 4.58. The van der Waals surface area contributed by atoms with Crippen LogP contribution in [-0.4, -0.2) is 42.7 Å². The molecule has 0 saturated carbocycles. The minimum atomic E-state index is 0.00272. The lowest BCUT2D eigenvalue weighted by molar-refractivity contribution is -0.125. The van der Waals surface area contributed by atoms with E-state index in [2.05, 4.69) is 22.5 Å². The molecule has 156 valence electrons. The topological polar surface area (TPSA) is 53.6 Å². The number of ether oxygens (including phenoxy) is 1. The molecule has 1 unspecified atom stereocenters. The van der Waals surface area contributed by atoms with Crippen LogP contribution in [0.25, 0.3) is 0 Å². The Balaban J connectivity index is 1.65. The molecule has 0 bridgehead atoms. The number of hydrogen-bond donors (Lipinski definition) is 2. The van der Waals surface area contributed by atoms with Crippen molar-refractivity contribution in [3.8, 4) is 5.75 Å². The van der Waals surface area contributed by atoms with E-state index in [1.807, 2.05) is 31.3 Å². The lowest BCUT2D eigenvalue weighted by Gasteiger charge is -2.28. The largest absolute Gasteiger partial charge is 0.494 e. The second kappa shape index (κ2) is 12.7. The van der Waals surface area contributed by atoms with Gasteiger partial charge in [0.1, 0.15) is 5.75 Å². The van der Waals surface area contributed by atoms with Crippen molar-refractivity contribution in [3.63, 3.8) is 0 Å². The van der Waals surface area contributed by atoms with Crippen molar-refractivity contribution in [2.24, 2.45) is 5.92 Å². The van der Waals surface area contributed by atoms with Crippen LogP contribution in [0.3, 0.4) is 0 Å². The molecule has 0 aliphatic carbocycles. The molecule has 1 aliphatic heterocycles. The number of likely N-dealkylation sites (tertiary alicyclic amines) is 1. The fraction of sp³-hybridized carbons (Fsp3) is 0.636. The maximum atomic E-state index is 12.3. The van der Waals surface area contributed by atoms with Crippen LogP contribution in [0.1, 0.15) is 58.3 Å². The van der Waals surface area contributed by atoms with Gasteiger partial charge >= 0.3 is 0 Å². The number of nitrogens with zero attached hydrogens (tertiary/aromatic N) is 1. The average molecular weight is 406 g/mol. The molecular formula is C22H35N3O2S. The quantitative estimate of drug-likeness (QED) is 0.441. The first-order valence-corrected chi connectivity index (χ1v) is 11.0. The molecule has 0 aromatic heterocycles. The van der Waals surface area contributed by atoms with Crippen LogP contribution in [0.5, 0.6) is 5.75 Å². The van der Waals surface area contributed by atoms with E-state index in [9.17, 15) is 4.79 Å². The smallest absolute Gasteiger partial charge is 0.230 e. The number of nitrogens with one attached hydrogen (secondary N) is 2. The zero-order chi connectivity index (χ0) is 20.2. The van der Waals surface area contributed by atoms with Crippen molar-refractivity contribution >= 4 is 28.9 Å². The highest BCUT2D eigenvalue weighted by Crippen LogP contribution is 2.17. The summed E-state index contributed by atoms with van der Waals surface area (Å²) in [5.41, 5.74) is 0.845. The molecule has 1 aromatic carbocycles. The summed E-state index contributed by atoms with van der Waals surface area (Å²) in [7, 11) is 2.05. The van der Waals surface area contributed by atoms with Gasteiger partial charge in [-0.05, 0) is 69.3 Å². The van der Waals surface area contributed by atoms with E-state index in [-0.39, 0.29) is 11.8 Å². The van der Waals surface area contributed by atoms with Gasteiger partial charge in [-0.15, -0.1) is 0 Å². The molecule has 1 aliphatic rings. The van der Waals surface area contributed by atoms with E-state index >= 15 is 0 Å². The molecule has 1 saturated heterocycles. The standard InChI is InChI=1S/C22H35N3O2S/c1-3-4-5-6-7-8-16-27-20-13-11-19(12-14-20)23-22(28)24-21(26)18-10-9-15-25(2)17-18/h11-14,18H,3-10,15-17H2,1-2H3,(H2,23,24,26,28). The SMILES string of the molecule is CCCCCCCCOc1ccc(NC(=S)NC(=O)C2CCCN(C)C2)cc1. The highest BCUT2D eigenvalue weighted by Gasteiger charge is 2.24. The average Bonchev–Trinajstić information content (AvgIpc) is 2.68. The first kappa shape index (κ1) is 22.6. The normalized spacial score (nSPS) is 17.1. The number of thiocarbonyl (C=S) groups is 1. The number of unbranched alkanes of at least 4 members (excludes halogenated alkanes) is 5. The van der Waals surface area contributed by atoms with Gasteiger partial charge < -0.3 is 20.3 Å². The van der Waals surface area contributed by atoms with E-state index in [1.54, 1.807) is 0 Å².